The number of carboxylic acids is 2. The topological polar surface area (TPSA) is 141 Å². The van der Waals surface area contributed by atoms with Crippen molar-refractivity contribution in [3.05, 3.63) is 30.4 Å². The van der Waals surface area contributed by atoms with Gasteiger partial charge in [0.2, 0.25) is 5.95 Å². The highest BCUT2D eigenvalue weighted by Crippen LogP contribution is 2.33. The SMILES string of the molecule is CC(C)N1CCN(C(=O)c2cc(-c3cnc(N4CCOCC4)nc3)cn2CC2CC2)CC1.O=C(O)C(F)(F)F.O=C(O)C(F)(F)F. The zero-order chi connectivity index (χ0) is 34.2. The van der Waals surface area contributed by atoms with E-state index in [0.29, 0.717) is 25.2 Å². The first kappa shape index (κ1) is 36.5. The van der Waals surface area contributed by atoms with E-state index < -0.39 is 24.3 Å². The lowest BCUT2D eigenvalue weighted by molar-refractivity contribution is -0.193. The average Bonchev–Trinajstić information content (AvgIpc) is 3.73. The van der Waals surface area contributed by atoms with Crippen molar-refractivity contribution in [2.75, 3.05) is 57.4 Å². The van der Waals surface area contributed by atoms with Crippen LogP contribution in [-0.4, -0.2) is 123 Å². The monoisotopic (exact) mass is 666 g/mol. The molecule has 256 valence electrons. The molecule has 0 atom stereocenters. The van der Waals surface area contributed by atoms with E-state index >= 15 is 0 Å². The number of alkyl halides is 6. The number of piperazine rings is 1. The molecule has 4 heterocycles. The van der Waals surface area contributed by atoms with Crippen LogP contribution in [0.3, 0.4) is 0 Å². The Morgan fingerprint density at radius 3 is 1.80 bits per heavy atom. The van der Waals surface area contributed by atoms with Gasteiger partial charge in [-0.1, -0.05) is 0 Å². The highest BCUT2D eigenvalue weighted by molar-refractivity contribution is 5.94. The molecular formula is C28H36F6N6O6. The smallest absolute Gasteiger partial charge is 0.475 e. The third-order valence-corrected chi connectivity index (χ3v) is 7.35. The summed E-state index contributed by atoms with van der Waals surface area (Å²) in [5, 5.41) is 14.2. The van der Waals surface area contributed by atoms with Crippen molar-refractivity contribution in [3.8, 4) is 11.1 Å². The highest BCUT2D eigenvalue weighted by Gasteiger charge is 2.39. The van der Waals surface area contributed by atoms with Gasteiger partial charge in [0, 0.05) is 81.6 Å². The number of hydrogen-bond acceptors (Lipinski definition) is 8. The number of halogens is 6. The van der Waals surface area contributed by atoms with Crippen molar-refractivity contribution in [2.45, 2.75) is 51.6 Å². The molecule has 18 heteroatoms. The number of carboxylic acid groups (broad SMARTS) is 2. The lowest BCUT2D eigenvalue weighted by Gasteiger charge is -2.37. The Bertz CT molecular complexity index is 1290. The number of amides is 1. The largest absolute Gasteiger partial charge is 0.490 e. The molecule has 3 aliphatic rings. The molecule has 0 radical (unpaired) electrons. The third-order valence-electron chi connectivity index (χ3n) is 7.35. The molecule has 1 amide bonds. The lowest BCUT2D eigenvalue weighted by atomic mass is 10.1. The Kier molecular flexibility index (Phi) is 12.4. The van der Waals surface area contributed by atoms with Crippen molar-refractivity contribution < 1.29 is 55.7 Å². The number of carbonyl (C=O) groups is 3. The summed E-state index contributed by atoms with van der Waals surface area (Å²) in [6.07, 6.45) is -1.78. The fourth-order valence-electron chi connectivity index (χ4n) is 4.58. The second-order valence-electron chi connectivity index (χ2n) is 11.1. The molecule has 12 nitrogen and oxygen atoms in total. The molecule has 2 saturated heterocycles. The van der Waals surface area contributed by atoms with Crippen molar-refractivity contribution in [2.24, 2.45) is 5.92 Å². The van der Waals surface area contributed by atoms with Crippen LogP contribution >= 0.6 is 0 Å². The number of nitrogens with zero attached hydrogens (tertiary/aromatic N) is 6. The minimum absolute atomic E-state index is 0.145. The zero-order valence-corrected chi connectivity index (χ0v) is 25.2. The highest BCUT2D eigenvalue weighted by atomic mass is 19.4. The molecule has 0 bridgehead atoms. The molecule has 2 aliphatic heterocycles. The number of anilines is 1. The van der Waals surface area contributed by atoms with Gasteiger partial charge in [0.05, 0.1) is 13.2 Å². The van der Waals surface area contributed by atoms with Crippen molar-refractivity contribution in [1.82, 2.24) is 24.3 Å². The molecule has 2 aromatic heterocycles. The first-order chi connectivity index (χ1) is 21.5. The maximum atomic E-state index is 13.4. The van der Waals surface area contributed by atoms with E-state index in [-0.39, 0.29) is 5.91 Å². The van der Waals surface area contributed by atoms with Gasteiger partial charge in [-0.15, -0.1) is 0 Å². The van der Waals surface area contributed by atoms with Gasteiger partial charge in [0.15, 0.2) is 0 Å². The van der Waals surface area contributed by atoms with E-state index in [2.05, 4.69) is 44.4 Å². The predicted molar refractivity (Wildman–Crippen MR) is 151 cm³/mol. The van der Waals surface area contributed by atoms with Crippen LogP contribution < -0.4 is 4.90 Å². The number of aliphatic carboxylic acids is 2. The van der Waals surface area contributed by atoms with Gasteiger partial charge in [0.25, 0.3) is 5.91 Å². The Balaban J connectivity index is 0.000000345. The Labute approximate surface area is 260 Å². The van der Waals surface area contributed by atoms with Crippen LogP contribution in [0, 0.1) is 5.92 Å². The minimum Gasteiger partial charge on any atom is -0.475 e. The molecule has 1 aliphatic carbocycles. The normalized spacial score (nSPS) is 17.5. The van der Waals surface area contributed by atoms with E-state index in [1.165, 1.54) is 12.8 Å². The summed E-state index contributed by atoms with van der Waals surface area (Å²) in [5.74, 6) is -3.93. The third kappa shape index (κ3) is 10.9. The summed E-state index contributed by atoms with van der Waals surface area (Å²) in [6.45, 7) is 11.9. The molecule has 2 N–H and O–H groups in total. The average molecular weight is 667 g/mol. The Morgan fingerprint density at radius 2 is 1.37 bits per heavy atom. The van der Waals surface area contributed by atoms with Crippen LogP contribution in [0.2, 0.25) is 0 Å². The lowest BCUT2D eigenvalue weighted by Crippen LogP contribution is -2.51. The molecular weight excluding hydrogens is 630 g/mol. The van der Waals surface area contributed by atoms with Crippen molar-refractivity contribution in [1.29, 1.82) is 0 Å². The van der Waals surface area contributed by atoms with Crippen molar-refractivity contribution >= 4 is 23.8 Å². The van der Waals surface area contributed by atoms with Gasteiger partial charge < -0.3 is 29.3 Å². The first-order valence-electron chi connectivity index (χ1n) is 14.5. The molecule has 0 unspecified atom stereocenters. The number of carbonyl (C=O) groups excluding carboxylic acids is 1. The van der Waals surface area contributed by atoms with E-state index in [0.717, 1.165) is 68.6 Å². The molecule has 3 fully saturated rings. The molecule has 2 aromatic rings. The van der Waals surface area contributed by atoms with E-state index in [4.69, 9.17) is 24.5 Å². The number of ether oxygens (including phenoxy) is 1. The van der Waals surface area contributed by atoms with E-state index in [9.17, 15) is 31.1 Å². The molecule has 5 rings (SSSR count). The zero-order valence-electron chi connectivity index (χ0n) is 25.2. The van der Waals surface area contributed by atoms with Crippen molar-refractivity contribution in [3.63, 3.8) is 0 Å². The fourth-order valence-corrected chi connectivity index (χ4v) is 4.58. The van der Waals surface area contributed by atoms with E-state index in [1.807, 2.05) is 23.4 Å². The predicted octanol–water partition coefficient (Wildman–Crippen LogP) is 3.62. The summed E-state index contributed by atoms with van der Waals surface area (Å²) >= 11 is 0. The van der Waals surface area contributed by atoms with Gasteiger partial charge in [-0.2, -0.15) is 26.3 Å². The van der Waals surface area contributed by atoms with Crippen LogP contribution in [0.1, 0.15) is 37.2 Å². The van der Waals surface area contributed by atoms with Gasteiger partial charge in [-0.25, -0.2) is 19.6 Å². The van der Waals surface area contributed by atoms with E-state index in [1.54, 1.807) is 0 Å². The second kappa shape index (κ2) is 15.6. The van der Waals surface area contributed by atoms with Gasteiger partial charge in [0.1, 0.15) is 5.69 Å². The summed E-state index contributed by atoms with van der Waals surface area (Å²) in [7, 11) is 0. The maximum absolute atomic E-state index is 13.4. The first-order valence-corrected chi connectivity index (χ1v) is 14.5. The summed E-state index contributed by atoms with van der Waals surface area (Å²) in [5.41, 5.74) is 2.76. The molecule has 1 saturated carbocycles. The summed E-state index contributed by atoms with van der Waals surface area (Å²) < 4.78 is 71.1. The summed E-state index contributed by atoms with van der Waals surface area (Å²) in [4.78, 5) is 47.0. The number of hydrogen-bond donors (Lipinski definition) is 2. The minimum atomic E-state index is -5.08. The van der Waals surface area contributed by atoms with Gasteiger partial charge >= 0.3 is 24.3 Å². The molecule has 0 aromatic carbocycles. The molecule has 0 spiro atoms. The van der Waals surface area contributed by atoms with Crippen LogP contribution in [-0.2, 0) is 20.9 Å². The standard InChI is InChI=1S/C24H34N6O2.2C2HF3O2/c1-18(2)27-5-7-28(8-6-27)23(31)22-13-20(17-30(22)16-19-3-4-19)21-14-25-24(26-15-21)29-9-11-32-12-10-29;2*3-2(4,5)1(6)7/h13-15,17-19H,3-12,16H2,1-2H3;2*(H,6,7). The second-order valence-corrected chi connectivity index (χ2v) is 11.1. The quantitative estimate of drug-likeness (QED) is 0.440. The number of rotatable bonds is 6. The molecule has 46 heavy (non-hydrogen) atoms. The summed E-state index contributed by atoms with van der Waals surface area (Å²) in [6, 6.07) is 2.56. The maximum Gasteiger partial charge on any atom is 0.490 e. The van der Waals surface area contributed by atoms with Crippen LogP contribution in [0.5, 0.6) is 0 Å². The van der Waals surface area contributed by atoms with Crippen LogP contribution in [0.15, 0.2) is 24.7 Å². The van der Waals surface area contributed by atoms with Crippen LogP contribution in [0.4, 0.5) is 32.3 Å². The Hall–Kier alpha value is -3.93. The van der Waals surface area contributed by atoms with Gasteiger partial charge in [-0.05, 0) is 38.7 Å². The number of morpholine rings is 1. The fraction of sp³-hybridized carbons (Fsp3) is 0.607. The number of aromatic nitrogens is 3. The van der Waals surface area contributed by atoms with Gasteiger partial charge in [-0.3, -0.25) is 9.69 Å². The Morgan fingerprint density at radius 1 is 0.870 bits per heavy atom. The van der Waals surface area contributed by atoms with Crippen LogP contribution in [0.25, 0.3) is 11.1 Å².